The molecule has 5 heteroatoms. The molecule has 0 saturated heterocycles. The number of esters is 1. The molecule has 3 aliphatic rings. The normalized spacial score (nSPS) is 40.7. The third-order valence-electron chi connectivity index (χ3n) is 9.38. The molecule has 2 N–H and O–H groups in total. The molecule has 1 heterocycles. The first-order valence-corrected chi connectivity index (χ1v) is 11.9. The number of benzene rings is 1. The van der Waals surface area contributed by atoms with Gasteiger partial charge in [0.25, 0.3) is 0 Å². The van der Waals surface area contributed by atoms with Crippen molar-refractivity contribution >= 4 is 5.97 Å². The van der Waals surface area contributed by atoms with Crippen molar-refractivity contribution in [2.75, 3.05) is 6.61 Å². The highest BCUT2D eigenvalue weighted by Crippen LogP contribution is 2.66. The minimum absolute atomic E-state index is 0.0861. The molecule has 0 unspecified atom stereocenters. The van der Waals surface area contributed by atoms with Crippen molar-refractivity contribution in [1.82, 2.24) is 0 Å². The highest BCUT2D eigenvalue weighted by molar-refractivity contribution is 5.89. The summed E-state index contributed by atoms with van der Waals surface area (Å²) in [6.07, 6.45) is 4.69. The second-order valence-corrected chi connectivity index (χ2v) is 10.9. The number of hydrogen-bond donors (Lipinski definition) is 2. The van der Waals surface area contributed by atoms with Gasteiger partial charge in [-0.2, -0.15) is 0 Å². The van der Waals surface area contributed by atoms with E-state index in [9.17, 15) is 15.0 Å². The van der Waals surface area contributed by atoms with Crippen molar-refractivity contribution in [2.24, 2.45) is 22.7 Å². The fraction of sp³-hybridized carbons (Fsp3) is 0.593. The molecule has 3 aliphatic carbocycles. The van der Waals surface area contributed by atoms with Crippen LogP contribution in [0.5, 0.6) is 0 Å². The number of fused-ring (bicyclic) bond motifs is 4. The van der Waals surface area contributed by atoms with Gasteiger partial charge < -0.3 is 19.4 Å². The second kappa shape index (κ2) is 7.46. The maximum absolute atomic E-state index is 12.7. The number of aliphatic hydroxyl groups is 2. The van der Waals surface area contributed by atoms with E-state index in [-0.39, 0.29) is 24.4 Å². The lowest BCUT2D eigenvalue weighted by atomic mass is 9.40. The van der Waals surface area contributed by atoms with Gasteiger partial charge in [0.2, 0.25) is 0 Å². The van der Waals surface area contributed by atoms with E-state index in [0.29, 0.717) is 18.4 Å². The number of hydrogen-bond acceptors (Lipinski definition) is 5. The van der Waals surface area contributed by atoms with E-state index in [2.05, 4.69) is 19.9 Å². The average Bonchev–Trinajstić information content (AvgIpc) is 3.26. The van der Waals surface area contributed by atoms with Gasteiger partial charge >= 0.3 is 5.97 Å². The van der Waals surface area contributed by atoms with Crippen LogP contribution in [0.1, 0.15) is 74.1 Å². The first-order chi connectivity index (χ1) is 15.2. The Hall–Kier alpha value is -2.11. The van der Waals surface area contributed by atoms with Crippen LogP contribution in [0.15, 0.2) is 47.1 Å². The Morgan fingerprint density at radius 2 is 1.94 bits per heavy atom. The van der Waals surface area contributed by atoms with Gasteiger partial charge in [-0.25, -0.2) is 4.79 Å². The first-order valence-electron chi connectivity index (χ1n) is 11.9. The standard InChI is InChI=1S/C27H34O5/c1-17-19-10-13-31-22(19)15-21-20(17)14-23(28)27(30)25(2,11-7-12-26(21,27)3)16-32-24(29)18-8-5-4-6-9-18/h4-6,8-10,13,17,20-21,23,28,30H,7,11-12,14-16H2,1-3H3/t17-,20-,21-,23+,25+,26+,27+/m0/s1. The minimum Gasteiger partial charge on any atom is -0.469 e. The van der Waals surface area contributed by atoms with Crippen molar-refractivity contribution in [2.45, 2.75) is 70.5 Å². The van der Waals surface area contributed by atoms with Crippen LogP contribution in [0, 0.1) is 22.7 Å². The van der Waals surface area contributed by atoms with Gasteiger partial charge in [-0.1, -0.05) is 45.4 Å². The summed E-state index contributed by atoms with van der Waals surface area (Å²) in [7, 11) is 0. The molecule has 0 aliphatic heterocycles. The van der Waals surface area contributed by atoms with Crippen LogP contribution in [0.2, 0.25) is 0 Å². The molecule has 2 aromatic rings. The molecule has 0 amide bonds. The van der Waals surface area contributed by atoms with E-state index >= 15 is 0 Å². The van der Waals surface area contributed by atoms with Gasteiger partial charge in [0.1, 0.15) is 11.4 Å². The number of aliphatic hydroxyl groups excluding tert-OH is 1. The maximum atomic E-state index is 12.7. The lowest BCUT2D eigenvalue weighted by Crippen LogP contribution is -2.73. The molecule has 7 atom stereocenters. The summed E-state index contributed by atoms with van der Waals surface area (Å²) in [6.45, 7) is 6.43. The third kappa shape index (κ3) is 2.87. The molecule has 0 radical (unpaired) electrons. The van der Waals surface area contributed by atoms with E-state index in [1.165, 1.54) is 5.56 Å². The summed E-state index contributed by atoms with van der Waals surface area (Å²) in [5.74, 6) is 1.39. The Kier molecular flexibility index (Phi) is 5.06. The molecule has 2 fully saturated rings. The number of carbonyl (C=O) groups excluding carboxylic acids is 1. The van der Waals surface area contributed by atoms with Crippen LogP contribution < -0.4 is 0 Å². The van der Waals surface area contributed by atoms with Crippen LogP contribution in [-0.2, 0) is 11.2 Å². The van der Waals surface area contributed by atoms with E-state index in [0.717, 1.165) is 25.0 Å². The quantitative estimate of drug-likeness (QED) is 0.678. The maximum Gasteiger partial charge on any atom is 0.338 e. The molecule has 5 rings (SSSR count). The first kappa shape index (κ1) is 21.7. The third-order valence-corrected chi connectivity index (χ3v) is 9.38. The Morgan fingerprint density at radius 1 is 1.19 bits per heavy atom. The van der Waals surface area contributed by atoms with E-state index in [4.69, 9.17) is 9.15 Å². The van der Waals surface area contributed by atoms with Gasteiger partial charge in [-0.3, -0.25) is 0 Å². The predicted octanol–water partition coefficient (Wildman–Crippen LogP) is 4.72. The summed E-state index contributed by atoms with van der Waals surface area (Å²) < 4.78 is 11.6. The van der Waals surface area contributed by atoms with Gasteiger partial charge in [0.05, 0.1) is 24.5 Å². The van der Waals surface area contributed by atoms with Gasteiger partial charge in [0, 0.05) is 17.3 Å². The molecule has 172 valence electrons. The Balaban J connectivity index is 1.47. The van der Waals surface area contributed by atoms with Gasteiger partial charge in [-0.15, -0.1) is 0 Å². The number of carbonyl (C=O) groups is 1. The smallest absolute Gasteiger partial charge is 0.338 e. The molecule has 32 heavy (non-hydrogen) atoms. The Labute approximate surface area is 189 Å². The van der Waals surface area contributed by atoms with Gasteiger partial charge in [-0.05, 0) is 60.8 Å². The number of rotatable bonds is 3. The highest BCUT2D eigenvalue weighted by atomic mass is 16.5. The second-order valence-electron chi connectivity index (χ2n) is 10.9. The molecule has 0 spiro atoms. The largest absolute Gasteiger partial charge is 0.469 e. The Morgan fingerprint density at radius 3 is 2.69 bits per heavy atom. The van der Waals surface area contributed by atoms with E-state index in [1.807, 2.05) is 25.1 Å². The average molecular weight is 439 g/mol. The molecule has 5 nitrogen and oxygen atoms in total. The molecule has 1 aromatic heterocycles. The summed E-state index contributed by atoms with van der Waals surface area (Å²) in [5.41, 5.74) is -0.845. The van der Waals surface area contributed by atoms with E-state index < -0.39 is 28.5 Å². The highest BCUT2D eigenvalue weighted by Gasteiger charge is 2.70. The fourth-order valence-corrected chi connectivity index (χ4v) is 7.58. The zero-order valence-corrected chi connectivity index (χ0v) is 19.2. The summed E-state index contributed by atoms with van der Waals surface area (Å²) in [4.78, 5) is 12.7. The topological polar surface area (TPSA) is 79.9 Å². The summed E-state index contributed by atoms with van der Waals surface area (Å²) in [5, 5.41) is 23.9. The van der Waals surface area contributed by atoms with Crippen molar-refractivity contribution in [3.05, 3.63) is 59.5 Å². The number of ether oxygens (including phenoxy) is 1. The van der Waals surface area contributed by atoms with Gasteiger partial charge in [0.15, 0.2) is 0 Å². The van der Waals surface area contributed by atoms with E-state index in [1.54, 1.807) is 18.4 Å². The molecule has 0 bridgehead atoms. The van der Waals surface area contributed by atoms with Crippen LogP contribution in [0.25, 0.3) is 0 Å². The monoisotopic (exact) mass is 438 g/mol. The molecular weight excluding hydrogens is 404 g/mol. The summed E-state index contributed by atoms with van der Waals surface area (Å²) >= 11 is 0. The van der Waals surface area contributed by atoms with Crippen molar-refractivity contribution in [3.63, 3.8) is 0 Å². The predicted molar refractivity (Wildman–Crippen MR) is 120 cm³/mol. The lowest BCUT2D eigenvalue weighted by Gasteiger charge is -2.67. The van der Waals surface area contributed by atoms with Crippen LogP contribution >= 0.6 is 0 Å². The number of furan rings is 1. The minimum atomic E-state index is -1.35. The fourth-order valence-electron chi connectivity index (χ4n) is 7.58. The molecule has 1 aromatic carbocycles. The lowest BCUT2D eigenvalue weighted by molar-refractivity contribution is -0.296. The zero-order valence-electron chi connectivity index (χ0n) is 19.2. The molecule has 2 saturated carbocycles. The SMILES string of the molecule is C[C@H]1c2ccoc2C[C@H]2[C@H]1C[C@@H](O)[C@@]1(O)[C@@](C)(COC(=O)c3ccccc3)CCC[C@]21C. The summed E-state index contributed by atoms with van der Waals surface area (Å²) in [6, 6.07) is 11.0. The van der Waals surface area contributed by atoms with Crippen LogP contribution in [0.3, 0.4) is 0 Å². The van der Waals surface area contributed by atoms with Crippen molar-refractivity contribution in [3.8, 4) is 0 Å². The van der Waals surface area contributed by atoms with Crippen molar-refractivity contribution < 1.29 is 24.2 Å². The van der Waals surface area contributed by atoms with Crippen LogP contribution in [-0.4, -0.2) is 34.5 Å². The molecular formula is C27H34O5. The van der Waals surface area contributed by atoms with Crippen LogP contribution in [0.4, 0.5) is 0 Å². The zero-order chi connectivity index (χ0) is 22.7. The van der Waals surface area contributed by atoms with Crippen molar-refractivity contribution in [1.29, 1.82) is 0 Å². The Bertz CT molecular complexity index is 998.